The van der Waals surface area contributed by atoms with Crippen LogP contribution in [0.4, 0.5) is 0 Å². The maximum atomic E-state index is 12.4. The molecule has 0 bridgehead atoms. The Morgan fingerprint density at radius 1 is 1.03 bits per heavy atom. The fourth-order valence-corrected chi connectivity index (χ4v) is 4.47. The molecule has 1 fully saturated rings. The lowest BCUT2D eigenvalue weighted by molar-refractivity contribution is -0.157. The van der Waals surface area contributed by atoms with Gasteiger partial charge in [-0.05, 0) is 39.5 Å². The normalized spacial score (nSPS) is 22.5. The first-order valence-corrected chi connectivity index (χ1v) is 14.1. The van der Waals surface area contributed by atoms with E-state index in [1.165, 1.54) is 0 Å². The SMILES string of the molecule is CCCCC[C@H](O)/C=C/[C@@H]1[C@@H](C/C=C\CCCC(=O)OC(C)C)[C@@H](OC(=O)COCCOCCO)C[C@H]1O. The van der Waals surface area contributed by atoms with Crippen LogP contribution in [-0.2, 0) is 28.5 Å². The smallest absolute Gasteiger partial charge is 0.332 e. The third-order valence-electron chi connectivity index (χ3n) is 6.35. The summed E-state index contributed by atoms with van der Waals surface area (Å²) in [5.74, 6) is -1.12. The number of aliphatic hydroxyl groups excluding tert-OH is 3. The molecule has 0 aromatic rings. The highest BCUT2D eigenvalue weighted by atomic mass is 16.6. The molecule has 0 aliphatic heterocycles. The van der Waals surface area contributed by atoms with Gasteiger partial charge in [0.2, 0.25) is 0 Å². The zero-order valence-electron chi connectivity index (χ0n) is 23.5. The van der Waals surface area contributed by atoms with Crippen molar-refractivity contribution in [1.29, 1.82) is 0 Å². The van der Waals surface area contributed by atoms with Crippen LogP contribution in [0.1, 0.15) is 78.6 Å². The van der Waals surface area contributed by atoms with Gasteiger partial charge in [0.25, 0.3) is 0 Å². The number of esters is 2. The molecule has 0 aromatic carbocycles. The Labute approximate surface area is 228 Å². The van der Waals surface area contributed by atoms with Crippen LogP contribution in [0.2, 0.25) is 0 Å². The third-order valence-corrected chi connectivity index (χ3v) is 6.35. The molecule has 0 spiro atoms. The predicted molar refractivity (Wildman–Crippen MR) is 144 cm³/mol. The maximum absolute atomic E-state index is 12.4. The molecule has 1 saturated carbocycles. The lowest BCUT2D eigenvalue weighted by atomic mass is 9.89. The number of hydrogen-bond donors (Lipinski definition) is 3. The van der Waals surface area contributed by atoms with Crippen LogP contribution >= 0.6 is 0 Å². The van der Waals surface area contributed by atoms with Crippen molar-refractivity contribution in [3.63, 3.8) is 0 Å². The van der Waals surface area contributed by atoms with Crippen molar-refractivity contribution in [3.8, 4) is 0 Å². The summed E-state index contributed by atoms with van der Waals surface area (Å²) >= 11 is 0. The van der Waals surface area contributed by atoms with E-state index >= 15 is 0 Å². The minimum atomic E-state index is -0.691. The van der Waals surface area contributed by atoms with Gasteiger partial charge in [0, 0.05) is 24.7 Å². The van der Waals surface area contributed by atoms with E-state index in [1.54, 1.807) is 6.08 Å². The van der Waals surface area contributed by atoms with E-state index in [4.69, 9.17) is 24.1 Å². The number of hydrogen-bond acceptors (Lipinski definition) is 9. The van der Waals surface area contributed by atoms with Crippen LogP contribution < -0.4 is 0 Å². The topological polar surface area (TPSA) is 132 Å². The Hall–Kier alpha value is -1.78. The Morgan fingerprint density at radius 2 is 1.79 bits per heavy atom. The highest BCUT2D eigenvalue weighted by molar-refractivity contribution is 5.71. The minimum absolute atomic E-state index is 0.0715. The first kappa shape index (κ1) is 34.2. The molecule has 1 aliphatic rings. The summed E-state index contributed by atoms with van der Waals surface area (Å²) in [5, 5.41) is 29.8. The second-order valence-electron chi connectivity index (χ2n) is 10.0. The van der Waals surface area contributed by atoms with Gasteiger partial charge in [-0.15, -0.1) is 0 Å². The molecule has 0 saturated heterocycles. The zero-order valence-corrected chi connectivity index (χ0v) is 23.5. The number of allylic oxidation sites excluding steroid dienone is 2. The Morgan fingerprint density at radius 3 is 2.50 bits per heavy atom. The van der Waals surface area contributed by atoms with Gasteiger partial charge in [-0.3, -0.25) is 4.79 Å². The number of carbonyl (C=O) groups is 2. The minimum Gasteiger partial charge on any atom is -0.463 e. The van der Waals surface area contributed by atoms with Crippen LogP contribution in [0.3, 0.4) is 0 Å². The fraction of sp³-hybridized carbons (Fsp3) is 0.793. The molecular weight excluding hydrogens is 492 g/mol. The molecular formula is C29H50O9. The molecule has 9 heteroatoms. The van der Waals surface area contributed by atoms with E-state index in [-0.39, 0.29) is 56.9 Å². The molecule has 9 nitrogen and oxygen atoms in total. The summed E-state index contributed by atoms with van der Waals surface area (Å²) in [6, 6.07) is 0. The highest BCUT2D eigenvalue weighted by Gasteiger charge is 2.42. The van der Waals surface area contributed by atoms with E-state index in [9.17, 15) is 19.8 Å². The molecule has 3 N–H and O–H groups in total. The summed E-state index contributed by atoms with van der Waals surface area (Å²) in [4.78, 5) is 24.1. The average molecular weight is 543 g/mol. The summed E-state index contributed by atoms with van der Waals surface area (Å²) in [6.45, 7) is 6.17. The molecule has 0 unspecified atom stereocenters. The van der Waals surface area contributed by atoms with Gasteiger partial charge in [-0.2, -0.15) is 0 Å². The standard InChI is InChI=1S/C29H50O9/c1-4-5-8-11-23(31)14-15-24-25(12-9-6-7-10-13-28(33)37-22(2)3)27(20-26(24)32)38-29(34)21-36-19-18-35-17-16-30/h6,9,14-15,22-27,30-32H,4-5,7-8,10-13,16-21H2,1-3H3/b9-6-,15-14+/t23-,24+,25+,26+,27-/m0/s1. The van der Waals surface area contributed by atoms with Gasteiger partial charge in [0.05, 0.1) is 44.7 Å². The van der Waals surface area contributed by atoms with E-state index in [0.29, 0.717) is 32.1 Å². The lowest BCUT2D eigenvalue weighted by Crippen LogP contribution is -2.27. The van der Waals surface area contributed by atoms with Crippen LogP contribution in [0.5, 0.6) is 0 Å². The fourth-order valence-electron chi connectivity index (χ4n) is 4.47. The van der Waals surface area contributed by atoms with E-state index in [1.807, 2.05) is 32.1 Å². The highest BCUT2D eigenvalue weighted by Crippen LogP contribution is 2.38. The number of aliphatic hydroxyl groups is 3. The van der Waals surface area contributed by atoms with Gasteiger partial charge in [0.1, 0.15) is 12.7 Å². The van der Waals surface area contributed by atoms with Crippen molar-refractivity contribution in [2.45, 2.75) is 103 Å². The molecule has 38 heavy (non-hydrogen) atoms. The van der Waals surface area contributed by atoms with Crippen molar-refractivity contribution in [2.75, 3.05) is 33.0 Å². The average Bonchev–Trinajstić information content (AvgIpc) is 3.15. The molecule has 1 rings (SSSR count). The number of rotatable bonds is 21. The predicted octanol–water partition coefficient (Wildman–Crippen LogP) is 3.49. The lowest BCUT2D eigenvalue weighted by Gasteiger charge is -2.23. The molecule has 1 aliphatic carbocycles. The molecule has 5 atom stereocenters. The van der Waals surface area contributed by atoms with Crippen molar-refractivity contribution >= 4 is 11.9 Å². The largest absolute Gasteiger partial charge is 0.463 e. The second kappa shape index (κ2) is 21.1. The van der Waals surface area contributed by atoms with Crippen LogP contribution in [0, 0.1) is 11.8 Å². The maximum Gasteiger partial charge on any atom is 0.332 e. The van der Waals surface area contributed by atoms with Crippen molar-refractivity contribution < 1.29 is 43.9 Å². The van der Waals surface area contributed by atoms with Crippen LogP contribution in [-0.4, -0.2) is 84.7 Å². The van der Waals surface area contributed by atoms with Crippen molar-refractivity contribution in [2.24, 2.45) is 11.8 Å². The number of unbranched alkanes of at least 4 members (excludes halogenated alkanes) is 3. The Balaban J connectivity index is 2.68. The van der Waals surface area contributed by atoms with Gasteiger partial charge >= 0.3 is 11.9 Å². The second-order valence-corrected chi connectivity index (χ2v) is 10.0. The first-order chi connectivity index (χ1) is 18.3. The summed E-state index contributed by atoms with van der Waals surface area (Å²) < 4.78 is 21.2. The third kappa shape index (κ3) is 15.6. The monoisotopic (exact) mass is 542 g/mol. The first-order valence-electron chi connectivity index (χ1n) is 14.1. The van der Waals surface area contributed by atoms with Gasteiger partial charge in [-0.1, -0.05) is 50.5 Å². The van der Waals surface area contributed by atoms with Gasteiger partial charge < -0.3 is 34.3 Å². The Bertz CT molecular complexity index is 692. The summed E-state index contributed by atoms with van der Waals surface area (Å²) in [6.07, 6.45) is 12.2. The van der Waals surface area contributed by atoms with Crippen LogP contribution in [0.15, 0.2) is 24.3 Å². The molecule has 0 aromatic heterocycles. The molecule has 0 heterocycles. The van der Waals surface area contributed by atoms with E-state index < -0.39 is 24.3 Å². The van der Waals surface area contributed by atoms with Gasteiger partial charge in [0.15, 0.2) is 0 Å². The molecule has 0 amide bonds. The molecule has 220 valence electrons. The quantitative estimate of drug-likeness (QED) is 0.113. The van der Waals surface area contributed by atoms with Crippen molar-refractivity contribution in [3.05, 3.63) is 24.3 Å². The van der Waals surface area contributed by atoms with E-state index in [0.717, 1.165) is 25.7 Å². The van der Waals surface area contributed by atoms with Crippen LogP contribution in [0.25, 0.3) is 0 Å². The Kier molecular flexibility index (Phi) is 19.0. The summed E-state index contributed by atoms with van der Waals surface area (Å²) in [7, 11) is 0. The van der Waals surface area contributed by atoms with Gasteiger partial charge in [-0.25, -0.2) is 4.79 Å². The molecule has 0 radical (unpaired) electrons. The number of carbonyl (C=O) groups excluding carboxylic acids is 2. The zero-order chi connectivity index (χ0) is 28.2. The number of ether oxygens (including phenoxy) is 4. The summed E-state index contributed by atoms with van der Waals surface area (Å²) in [5.41, 5.74) is 0. The van der Waals surface area contributed by atoms with Crippen molar-refractivity contribution in [1.82, 2.24) is 0 Å². The van der Waals surface area contributed by atoms with E-state index in [2.05, 4.69) is 6.92 Å².